The molecule has 2 aromatic rings. The third-order valence-electron chi connectivity index (χ3n) is 2.77. The van der Waals surface area contributed by atoms with Crippen molar-refractivity contribution in [2.45, 2.75) is 25.9 Å². The molecule has 1 unspecified atom stereocenters. The molecule has 0 radical (unpaired) electrons. The molecule has 1 atom stereocenters. The lowest BCUT2D eigenvalue weighted by Crippen LogP contribution is -2.23. The minimum absolute atomic E-state index is 0.114. The Labute approximate surface area is 106 Å². The molecule has 2 heterocycles. The van der Waals surface area contributed by atoms with Gasteiger partial charge >= 0.3 is 0 Å². The van der Waals surface area contributed by atoms with Crippen molar-refractivity contribution in [1.82, 2.24) is 30.3 Å². The Morgan fingerprint density at radius 3 is 2.94 bits per heavy atom. The summed E-state index contributed by atoms with van der Waals surface area (Å²) in [5.74, 6) is 1.49. The lowest BCUT2D eigenvalue weighted by molar-refractivity contribution is 0.398. The molecule has 7 nitrogen and oxygen atoms in total. The Bertz CT molecular complexity index is 478. The average Bonchev–Trinajstić information content (AvgIpc) is 3.02. The van der Waals surface area contributed by atoms with Gasteiger partial charge in [0.1, 0.15) is 23.9 Å². The molecule has 18 heavy (non-hydrogen) atoms. The zero-order valence-corrected chi connectivity index (χ0v) is 10.8. The molecule has 0 aromatic carbocycles. The molecule has 2 rings (SSSR count). The first-order valence-corrected chi connectivity index (χ1v) is 5.94. The molecule has 0 spiro atoms. The second-order valence-corrected chi connectivity index (χ2v) is 3.91. The van der Waals surface area contributed by atoms with Crippen molar-refractivity contribution >= 4 is 0 Å². The highest BCUT2D eigenvalue weighted by molar-refractivity contribution is 5.31. The van der Waals surface area contributed by atoms with Gasteiger partial charge in [-0.3, -0.25) is 9.78 Å². The molecule has 0 saturated carbocycles. The average molecular weight is 250 g/mol. The second-order valence-electron chi connectivity index (χ2n) is 3.91. The van der Waals surface area contributed by atoms with Crippen molar-refractivity contribution in [1.29, 1.82) is 0 Å². The van der Waals surface area contributed by atoms with Crippen LogP contribution in [-0.2, 0) is 6.54 Å². The lowest BCUT2D eigenvalue weighted by Gasteiger charge is -2.16. The number of rotatable bonds is 6. The van der Waals surface area contributed by atoms with E-state index in [2.05, 4.69) is 32.5 Å². The van der Waals surface area contributed by atoms with E-state index in [0.29, 0.717) is 0 Å². The van der Waals surface area contributed by atoms with Crippen LogP contribution in [0.3, 0.4) is 0 Å². The van der Waals surface area contributed by atoms with E-state index < -0.39 is 0 Å². The van der Waals surface area contributed by atoms with Gasteiger partial charge in [0.25, 0.3) is 0 Å². The number of aromatic amines is 1. The highest BCUT2D eigenvalue weighted by Crippen LogP contribution is 2.27. The molecule has 2 N–H and O–H groups in total. The van der Waals surface area contributed by atoms with Gasteiger partial charge in [-0.15, -0.1) is 0 Å². The maximum atomic E-state index is 5.37. The van der Waals surface area contributed by atoms with Crippen LogP contribution in [0.4, 0.5) is 0 Å². The standard InChI is InChI=1S/C11H18N6O/c1-4-5-17-10(8(18-3)6-15-17)9(12-2)11-13-7-14-16-11/h6-7,9,12H,4-5H2,1-3H3,(H,13,14,16). The Balaban J connectivity index is 2.42. The molecule has 0 aliphatic rings. The molecular formula is C11H18N6O. The maximum Gasteiger partial charge on any atom is 0.162 e. The zero-order valence-electron chi connectivity index (χ0n) is 10.8. The lowest BCUT2D eigenvalue weighted by atomic mass is 10.2. The summed E-state index contributed by atoms with van der Waals surface area (Å²) in [6.07, 6.45) is 4.23. The predicted molar refractivity (Wildman–Crippen MR) is 66.4 cm³/mol. The Hall–Kier alpha value is -1.89. The largest absolute Gasteiger partial charge is 0.493 e. The van der Waals surface area contributed by atoms with E-state index in [0.717, 1.165) is 30.2 Å². The van der Waals surface area contributed by atoms with E-state index >= 15 is 0 Å². The van der Waals surface area contributed by atoms with Crippen molar-refractivity contribution in [3.63, 3.8) is 0 Å². The van der Waals surface area contributed by atoms with Crippen molar-refractivity contribution in [3.8, 4) is 5.75 Å². The van der Waals surface area contributed by atoms with E-state index in [1.165, 1.54) is 6.33 Å². The van der Waals surface area contributed by atoms with E-state index in [1.807, 2.05) is 11.7 Å². The predicted octanol–water partition coefficient (Wildman–Crippen LogP) is 0.729. The Morgan fingerprint density at radius 1 is 1.56 bits per heavy atom. The van der Waals surface area contributed by atoms with Crippen molar-refractivity contribution < 1.29 is 4.74 Å². The number of nitrogens with zero attached hydrogens (tertiary/aromatic N) is 4. The smallest absolute Gasteiger partial charge is 0.162 e. The molecular weight excluding hydrogens is 232 g/mol. The Morgan fingerprint density at radius 2 is 2.39 bits per heavy atom. The Kier molecular flexibility index (Phi) is 3.93. The van der Waals surface area contributed by atoms with E-state index in [1.54, 1.807) is 13.3 Å². The first-order valence-electron chi connectivity index (χ1n) is 5.94. The normalized spacial score (nSPS) is 12.6. The topological polar surface area (TPSA) is 80.7 Å². The van der Waals surface area contributed by atoms with Crippen LogP contribution in [0.25, 0.3) is 0 Å². The number of nitrogens with one attached hydrogen (secondary N) is 2. The number of aryl methyl sites for hydroxylation is 1. The van der Waals surface area contributed by atoms with E-state index in [-0.39, 0.29) is 6.04 Å². The summed E-state index contributed by atoms with van der Waals surface area (Å²) in [6.45, 7) is 2.95. The van der Waals surface area contributed by atoms with E-state index in [4.69, 9.17) is 4.74 Å². The van der Waals surface area contributed by atoms with Crippen LogP contribution in [0.1, 0.15) is 30.9 Å². The summed E-state index contributed by atoms with van der Waals surface area (Å²) < 4.78 is 7.30. The van der Waals surface area contributed by atoms with Gasteiger partial charge in [-0.25, -0.2) is 4.98 Å². The highest BCUT2D eigenvalue weighted by Gasteiger charge is 2.24. The number of hydrogen-bond donors (Lipinski definition) is 2. The summed E-state index contributed by atoms with van der Waals surface area (Å²) in [5, 5.41) is 14.3. The van der Waals surface area contributed by atoms with Crippen LogP contribution in [-0.4, -0.2) is 39.1 Å². The number of methoxy groups -OCH3 is 1. The van der Waals surface area contributed by atoms with Crippen LogP contribution in [0.2, 0.25) is 0 Å². The monoisotopic (exact) mass is 250 g/mol. The molecule has 0 bridgehead atoms. The van der Waals surface area contributed by atoms with Crippen LogP contribution in [0.5, 0.6) is 5.75 Å². The molecule has 0 fully saturated rings. The third-order valence-corrected chi connectivity index (χ3v) is 2.77. The maximum absolute atomic E-state index is 5.37. The van der Waals surface area contributed by atoms with Gasteiger partial charge in [0.05, 0.1) is 13.3 Å². The van der Waals surface area contributed by atoms with Crippen molar-refractivity contribution in [2.75, 3.05) is 14.2 Å². The van der Waals surface area contributed by atoms with Gasteiger partial charge in [0, 0.05) is 6.54 Å². The quantitative estimate of drug-likeness (QED) is 0.790. The first-order chi connectivity index (χ1) is 8.81. The van der Waals surface area contributed by atoms with Gasteiger partial charge in [-0.2, -0.15) is 10.2 Å². The van der Waals surface area contributed by atoms with Crippen molar-refractivity contribution in [3.05, 3.63) is 24.0 Å². The summed E-state index contributed by atoms with van der Waals surface area (Å²) in [7, 11) is 3.51. The summed E-state index contributed by atoms with van der Waals surface area (Å²) >= 11 is 0. The SMILES string of the molecule is CCCn1ncc(OC)c1C(NC)c1ncn[nH]1. The van der Waals surface area contributed by atoms with Crippen LogP contribution in [0.15, 0.2) is 12.5 Å². The highest BCUT2D eigenvalue weighted by atomic mass is 16.5. The minimum atomic E-state index is -0.114. The summed E-state index contributed by atoms with van der Waals surface area (Å²) in [4.78, 5) is 4.19. The van der Waals surface area contributed by atoms with Crippen molar-refractivity contribution in [2.24, 2.45) is 0 Å². The van der Waals surface area contributed by atoms with Gasteiger partial charge in [-0.1, -0.05) is 6.92 Å². The fourth-order valence-corrected chi connectivity index (χ4v) is 1.97. The molecule has 0 aliphatic carbocycles. The zero-order chi connectivity index (χ0) is 13.0. The van der Waals surface area contributed by atoms with Gasteiger partial charge < -0.3 is 10.1 Å². The molecule has 0 saturated heterocycles. The number of hydrogen-bond acceptors (Lipinski definition) is 5. The number of aromatic nitrogens is 5. The van der Waals surface area contributed by atoms with Gasteiger partial charge in [-0.05, 0) is 13.5 Å². The summed E-state index contributed by atoms with van der Waals surface area (Å²) in [5.41, 5.74) is 0.957. The second kappa shape index (κ2) is 5.63. The summed E-state index contributed by atoms with van der Waals surface area (Å²) in [6, 6.07) is -0.114. The fraction of sp³-hybridized carbons (Fsp3) is 0.545. The molecule has 0 aliphatic heterocycles. The number of ether oxygens (including phenoxy) is 1. The van der Waals surface area contributed by atoms with Gasteiger partial charge in [0.15, 0.2) is 5.75 Å². The van der Waals surface area contributed by atoms with Crippen LogP contribution in [0, 0.1) is 0 Å². The molecule has 98 valence electrons. The molecule has 0 amide bonds. The molecule has 2 aromatic heterocycles. The fourth-order valence-electron chi connectivity index (χ4n) is 1.97. The number of H-pyrrole nitrogens is 1. The van der Waals surface area contributed by atoms with Crippen LogP contribution >= 0.6 is 0 Å². The minimum Gasteiger partial charge on any atom is -0.493 e. The van der Waals surface area contributed by atoms with E-state index in [9.17, 15) is 0 Å². The molecule has 7 heteroatoms. The third kappa shape index (κ3) is 2.21. The first kappa shape index (κ1) is 12.6. The van der Waals surface area contributed by atoms with Crippen LogP contribution < -0.4 is 10.1 Å². The van der Waals surface area contributed by atoms with Gasteiger partial charge in [0.2, 0.25) is 0 Å².